The van der Waals surface area contributed by atoms with Crippen LogP contribution in [0, 0.1) is 11.6 Å². The number of carbonyl (C=O) groups is 3. The number of piperazine rings is 1. The Morgan fingerprint density at radius 1 is 1.07 bits per heavy atom. The summed E-state index contributed by atoms with van der Waals surface area (Å²) in [6.07, 6.45) is 0.747. The van der Waals surface area contributed by atoms with Crippen molar-refractivity contribution in [1.29, 1.82) is 0 Å². The molecule has 0 spiro atoms. The molecule has 3 atom stereocenters. The number of benzene rings is 3. The molecule has 43 heavy (non-hydrogen) atoms. The normalized spacial score (nSPS) is 19.7. The molecule has 2 saturated heterocycles. The summed E-state index contributed by atoms with van der Waals surface area (Å²) < 4.78 is 28.7. The minimum Gasteiger partial charge on any atom is -0.508 e. The minimum atomic E-state index is -1.03. The summed E-state index contributed by atoms with van der Waals surface area (Å²) in [5, 5.41) is 15.7. The first kappa shape index (κ1) is 29.7. The summed E-state index contributed by atoms with van der Waals surface area (Å²) in [5.74, 6) is -2.28. The predicted octanol–water partition coefficient (Wildman–Crippen LogP) is 3.97. The third kappa shape index (κ3) is 6.21. The van der Waals surface area contributed by atoms with Crippen molar-refractivity contribution in [2.24, 2.45) is 0 Å². The summed E-state index contributed by atoms with van der Waals surface area (Å²) >= 11 is 0. The summed E-state index contributed by atoms with van der Waals surface area (Å²) in [6.45, 7) is 5.56. The Hall–Kier alpha value is -4.77. The van der Waals surface area contributed by atoms with Crippen molar-refractivity contribution in [1.82, 2.24) is 25.1 Å². The minimum absolute atomic E-state index is 0.0500. The van der Waals surface area contributed by atoms with Gasteiger partial charge in [-0.1, -0.05) is 54.6 Å². The Morgan fingerprint density at radius 3 is 2.47 bits per heavy atom. The molecule has 0 saturated carbocycles. The van der Waals surface area contributed by atoms with Gasteiger partial charge in [0.2, 0.25) is 11.8 Å². The molecular formula is C32H33F2N5O4. The Morgan fingerprint density at radius 2 is 1.79 bits per heavy atom. The van der Waals surface area contributed by atoms with Gasteiger partial charge in [-0.25, -0.2) is 23.6 Å². The highest BCUT2D eigenvalue weighted by atomic mass is 19.1. The van der Waals surface area contributed by atoms with E-state index in [0.29, 0.717) is 5.56 Å². The smallest absolute Gasteiger partial charge is 0.334 e. The van der Waals surface area contributed by atoms with Crippen LogP contribution in [0.1, 0.15) is 29.7 Å². The molecule has 224 valence electrons. The van der Waals surface area contributed by atoms with Gasteiger partial charge in [0.05, 0.1) is 19.1 Å². The van der Waals surface area contributed by atoms with Gasteiger partial charge in [0.25, 0.3) is 0 Å². The van der Waals surface area contributed by atoms with Crippen molar-refractivity contribution in [3.8, 4) is 5.75 Å². The highest BCUT2D eigenvalue weighted by Gasteiger charge is 2.52. The maximum atomic E-state index is 14.9. The number of halogens is 2. The van der Waals surface area contributed by atoms with E-state index < -0.39 is 41.8 Å². The zero-order valence-electron chi connectivity index (χ0n) is 23.7. The Labute approximate surface area is 248 Å². The van der Waals surface area contributed by atoms with Crippen molar-refractivity contribution in [2.75, 3.05) is 19.6 Å². The second kappa shape index (κ2) is 12.6. The molecule has 2 aliphatic heterocycles. The third-order valence-corrected chi connectivity index (χ3v) is 7.86. The fraction of sp³-hybridized carbons (Fsp3) is 0.281. The lowest BCUT2D eigenvalue weighted by Crippen LogP contribution is -2.76. The van der Waals surface area contributed by atoms with E-state index in [1.54, 1.807) is 30.1 Å². The van der Waals surface area contributed by atoms with Gasteiger partial charge in [0.1, 0.15) is 29.6 Å². The van der Waals surface area contributed by atoms with E-state index in [1.807, 2.05) is 30.3 Å². The molecule has 2 fully saturated rings. The molecule has 0 radical (unpaired) electrons. The van der Waals surface area contributed by atoms with Crippen molar-refractivity contribution < 1.29 is 28.3 Å². The molecular weight excluding hydrogens is 556 g/mol. The highest BCUT2D eigenvalue weighted by Crippen LogP contribution is 2.34. The quantitative estimate of drug-likeness (QED) is 0.388. The lowest BCUT2D eigenvalue weighted by Gasteiger charge is -2.56. The molecule has 2 heterocycles. The Balaban J connectivity index is 1.53. The number of hydrogen-bond acceptors (Lipinski definition) is 5. The van der Waals surface area contributed by atoms with Crippen LogP contribution in [0.5, 0.6) is 5.75 Å². The number of phenols is 1. The highest BCUT2D eigenvalue weighted by molar-refractivity contribution is 5.92. The summed E-state index contributed by atoms with van der Waals surface area (Å²) in [4.78, 5) is 44.5. The molecule has 0 unspecified atom stereocenters. The molecule has 9 nitrogen and oxygen atoms in total. The molecule has 2 N–H and O–H groups in total. The second-order valence-corrected chi connectivity index (χ2v) is 10.6. The van der Waals surface area contributed by atoms with Crippen LogP contribution < -0.4 is 5.32 Å². The lowest BCUT2D eigenvalue weighted by molar-refractivity contribution is -0.191. The van der Waals surface area contributed by atoms with Gasteiger partial charge in [-0.2, -0.15) is 0 Å². The number of carbonyl (C=O) groups excluding carboxylic acids is 3. The van der Waals surface area contributed by atoms with E-state index in [4.69, 9.17) is 0 Å². The molecule has 0 aromatic heterocycles. The van der Waals surface area contributed by atoms with Crippen LogP contribution in [0.3, 0.4) is 0 Å². The Bertz CT molecular complexity index is 1500. The van der Waals surface area contributed by atoms with Gasteiger partial charge in [0, 0.05) is 31.1 Å². The van der Waals surface area contributed by atoms with Gasteiger partial charge in [0.15, 0.2) is 0 Å². The first-order valence-electron chi connectivity index (χ1n) is 14.0. The summed E-state index contributed by atoms with van der Waals surface area (Å²) in [7, 11) is 0. The van der Waals surface area contributed by atoms with Crippen molar-refractivity contribution >= 4 is 17.8 Å². The van der Waals surface area contributed by atoms with Crippen LogP contribution in [0.15, 0.2) is 85.5 Å². The second-order valence-electron chi connectivity index (χ2n) is 10.6. The number of fused-ring (bicyclic) bond motifs is 1. The molecule has 4 amide bonds. The standard InChI is InChI=1S/C32H33F2N5O4/c1-3-15-36-20-30(41)38-28(16-22-9-12-25(40)13-10-22)31(42)37(21(2)26-14-11-24(33)17-27(26)34)19-29(38)39(36)32(43)35-18-23-7-5-4-6-8-23/h3-14,17,21,28-29,40H,1,15-16,18-20H2,2H3,(H,35,43)/t21-,28+,29-/m0/s1. The van der Waals surface area contributed by atoms with Crippen LogP contribution >= 0.6 is 0 Å². The zero-order valence-corrected chi connectivity index (χ0v) is 23.7. The molecule has 5 rings (SSSR count). The van der Waals surface area contributed by atoms with Gasteiger partial charge >= 0.3 is 6.03 Å². The maximum Gasteiger partial charge on any atom is 0.334 e. The van der Waals surface area contributed by atoms with E-state index in [0.717, 1.165) is 17.7 Å². The molecule has 11 heteroatoms. The number of hydrazine groups is 1. The van der Waals surface area contributed by atoms with E-state index >= 15 is 0 Å². The zero-order chi connectivity index (χ0) is 30.7. The average Bonchev–Trinajstić information content (AvgIpc) is 2.98. The Kier molecular flexibility index (Phi) is 8.72. The SMILES string of the molecule is C=CCN1CC(=O)N2[C@H](Cc3ccc(O)cc3)C(=O)N([C@@H](C)c3ccc(F)cc3F)C[C@@H]2N1C(=O)NCc1ccccc1. The number of nitrogens with zero attached hydrogens (tertiary/aromatic N) is 4. The van der Waals surface area contributed by atoms with Crippen LogP contribution in [-0.2, 0) is 22.6 Å². The van der Waals surface area contributed by atoms with E-state index in [9.17, 15) is 28.3 Å². The van der Waals surface area contributed by atoms with E-state index in [2.05, 4.69) is 11.9 Å². The first-order valence-corrected chi connectivity index (χ1v) is 14.0. The number of hydrogen-bond donors (Lipinski definition) is 2. The number of urea groups is 1. The molecule has 2 aliphatic rings. The van der Waals surface area contributed by atoms with Crippen LogP contribution in [-0.4, -0.2) is 74.6 Å². The predicted molar refractivity (Wildman–Crippen MR) is 155 cm³/mol. The fourth-order valence-corrected chi connectivity index (χ4v) is 5.73. The topological polar surface area (TPSA) is 96.4 Å². The molecule has 0 bridgehead atoms. The van der Waals surface area contributed by atoms with E-state index in [1.165, 1.54) is 33.0 Å². The fourth-order valence-electron chi connectivity index (χ4n) is 5.73. The summed E-state index contributed by atoms with van der Waals surface area (Å²) in [5.41, 5.74) is 1.66. The number of phenolic OH excluding ortho intramolecular Hbond substituents is 1. The number of aromatic hydroxyl groups is 1. The average molecular weight is 590 g/mol. The number of amides is 4. The molecule has 3 aromatic carbocycles. The molecule has 3 aromatic rings. The first-order chi connectivity index (χ1) is 20.7. The van der Waals surface area contributed by atoms with Gasteiger partial charge in [-0.15, -0.1) is 6.58 Å². The number of rotatable bonds is 8. The largest absolute Gasteiger partial charge is 0.508 e. The van der Waals surface area contributed by atoms with Crippen LogP contribution in [0.2, 0.25) is 0 Å². The molecule has 0 aliphatic carbocycles. The number of nitrogens with one attached hydrogen (secondary N) is 1. The van der Waals surface area contributed by atoms with Gasteiger partial charge in [-0.05, 0) is 36.2 Å². The third-order valence-electron chi connectivity index (χ3n) is 7.86. The van der Waals surface area contributed by atoms with Crippen molar-refractivity contribution in [2.45, 2.75) is 38.1 Å². The van der Waals surface area contributed by atoms with Crippen molar-refractivity contribution in [3.63, 3.8) is 0 Å². The lowest BCUT2D eigenvalue weighted by atomic mass is 9.96. The maximum absolute atomic E-state index is 14.9. The van der Waals surface area contributed by atoms with Crippen molar-refractivity contribution in [3.05, 3.63) is 114 Å². The van der Waals surface area contributed by atoms with E-state index in [-0.39, 0.29) is 49.8 Å². The van der Waals surface area contributed by atoms with Crippen LogP contribution in [0.25, 0.3) is 0 Å². The summed E-state index contributed by atoms with van der Waals surface area (Å²) in [6, 6.07) is 16.5. The van der Waals surface area contributed by atoms with Crippen LogP contribution in [0.4, 0.5) is 13.6 Å². The monoisotopic (exact) mass is 589 g/mol. The van der Waals surface area contributed by atoms with Gasteiger partial charge in [-0.3, -0.25) is 9.59 Å². The van der Waals surface area contributed by atoms with Gasteiger partial charge < -0.3 is 20.2 Å².